The molecule has 2 amide bonds. The standard InChI is InChI=1S/C14H15N3O3/c1-3-7-16-14(20)11-6-5-8-15-13(11)17(9-10-18)12(19)4-2/h3-6,8,10H,1-2,7,9H2,(H,16,20). The molecule has 1 rings (SSSR count). The number of hydrogen-bond acceptors (Lipinski definition) is 4. The van der Waals surface area contributed by atoms with E-state index >= 15 is 0 Å². The number of carbonyl (C=O) groups excluding carboxylic acids is 3. The normalized spacial score (nSPS) is 9.40. The lowest BCUT2D eigenvalue weighted by atomic mass is 10.2. The monoisotopic (exact) mass is 273 g/mol. The summed E-state index contributed by atoms with van der Waals surface area (Å²) in [5, 5.41) is 2.59. The number of aromatic nitrogens is 1. The van der Waals surface area contributed by atoms with Gasteiger partial charge in [-0.3, -0.25) is 14.5 Å². The summed E-state index contributed by atoms with van der Waals surface area (Å²) in [6.07, 6.45) is 4.59. The second-order valence-corrected chi connectivity index (χ2v) is 3.69. The molecule has 6 nitrogen and oxygen atoms in total. The average Bonchev–Trinajstić information content (AvgIpc) is 2.49. The Bertz CT molecular complexity index is 540. The fourth-order valence-electron chi connectivity index (χ4n) is 1.51. The van der Waals surface area contributed by atoms with E-state index in [4.69, 9.17) is 0 Å². The molecule has 1 N–H and O–H groups in total. The summed E-state index contributed by atoms with van der Waals surface area (Å²) in [6, 6.07) is 3.10. The number of aldehydes is 1. The van der Waals surface area contributed by atoms with E-state index in [1.165, 1.54) is 18.3 Å². The second kappa shape index (κ2) is 7.63. The zero-order chi connectivity index (χ0) is 15.0. The molecular formula is C14H15N3O3. The van der Waals surface area contributed by atoms with E-state index in [0.717, 1.165) is 11.0 Å². The van der Waals surface area contributed by atoms with E-state index < -0.39 is 11.8 Å². The summed E-state index contributed by atoms with van der Waals surface area (Å²) in [5.41, 5.74) is 0.200. The van der Waals surface area contributed by atoms with Crippen LogP contribution in [0.3, 0.4) is 0 Å². The van der Waals surface area contributed by atoms with Gasteiger partial charge in [0.15, 0.2) is 0 Å². The average molecular weight is 273 g/mol. The molecule has 0 spiro atoms. The highest BCUT2D eigenvalue weighted by Crippen LogP contribution is 2.17. The summed E-state index contributed by atoms with van der Waals surface area (Å²) in [5.74, 6) is -0.791. The molecule has 20 heavy (non-hydrogen) atoms. The molecule has 0 atom stereocenters. The highest BCUT2D eigenvalue weighted by atomic mass is 16.2. The molecule has 0 fully saturated rings. The van der Waals surface area contributed by atoms with Crippen LogP contribution in [0.25, 0.3) is 0 Å². The number of carbonyl (C=O) groups is 3. The van der Waals surface area contributed by atoms with Crippen molar-refractivity contribution < 1.29 is 14.4 Å². The number of nitrogens with one attached hydrogen (secondary N) is 1. The summed E-state index contributed by atoms with van der Waals surface area (Å²) in [4.78, 5) is 39.5. The molecule has 0 aliphatic rings. The second-order valence-electron chi connectivity index (χ2n) is 3.69. The van der Waals surface area contributed by atoms with Crippen molar-refractivity contribution >= 4 is 23.9 Å². The van der Waals surface area contributed by atoms with E-state index in [1.54, 1.807) is 6.07 Å². The molecule has 1 aromatic heterocycles. The zero-order valence-corrected chi connectivity index (χ0v) is 10.9. The largest absolute Gasteiger partial charge is 0.348 e. The number of rotatable bonds is 7. The van der Waals surface area contributed by atoms with Crippen molar-refractivity contribution in [3.63, 3.8) is 0 Å². The molecule has 104 valence electrons. The van der Waals surface area contributed by atoms with Gasteiger partial charge in [0.05, 0.1) is 12.1 Å². The van der Waals surface area contributed by atoms with Gasteiger partial charge in [0.25, 0.3) is 11.8 Å². The van der Waals surface area contributed by atoms with Gasteiger partial charge in [-0.25, -0.2) is 4.98 Å². The molecule has 6 heteroatoms. The summed E-state index contributed by atoms with van der Waals surface area (Å²) in [7, 11) is 0. The van der Waals surface area contributed by atoms with Gasteiger partial charge < -0.3 is 10.1 Å². The van der Waals surface area contributed by atoms with Gasteiger partial charge in [-0.05, 0) is 18.2 Å². The molecule has 0 aliphatic heterocycles. The Kier molecular flexibility index (Phi) is 5.83. The number of amides is 2. The van der Waals surface area contributed by atoms with Crippen molar-refractivity contribution in [1.82, 2.24) is 10.3 Å². The predicted octanol–water partition coefficient (Wildman–Crippen LogP) is 0.715. The van der Waals surface area contributed by atoms with Gasteiger partial charge in [-0.2, -0.15) is 0 Å². The van der Waals surface area contributed by atoms with Crippen LogP contribution in [0.15, 0.2) is 43.6 Å². The van der Waals surface area contributed by atoms with E-state index in [0.29, 0.717) is 6.29 Å². The fourth-order valence-corrected chi connectivity index (χ4v) is 1.51. The Balaban J connectivity index is 3.17. The third-order valence-electron chi connectivity index (χ3n) is 2.39. The first kappa shape index (κ1) is 15.3. The third-order valence-corrected chi connectivity index (χ3v) is 2.39. The summed E-state index contributed by atoms with van der Waals surface area (Å²) < 4.78 is 0. The van der Waals surface area contributed by atoms with E-state index in [-0.39, 0.29) is 24.5 Å². The Morgan fingerprint density at radius 1 is 1.40 bits per heavy atom. The number of anilines is 1. The van der Waals surface area contributed by atoms with Crippen molar-refractivity contribution in [3.8, 4) is 0 Å². The predicted molar refractivity (Wildman–Crippen MR) is 75.4 cm³/mol. The SMILES string of the molecule is C=CCNC(=O)c1cccnc1N(CC=O)C(=O)C=C. The van der Waals surface area contributed by atoms with Gasteiger partial charge in [0.2, 0.25) is 0 Å². The fraction of sp³-hybridized carbons (Fsp3) is 0.143. The third kappa shape index (κ3) is 3.61. The molecule has 0 saturated carbocycles. The lowest BCUT2D eigenvalue weighted by Crippen LogP contribution is -2.34. The van der Waals surface area contributed by atoms with Gasteiger partial charge in [0.1, 0.15) is 12.1 Å². The van der Waals surface area contributed by atoms with Crippen LogP contribution in [0.5, 0.6) is 0 Å². The van der Waals surface area contributed by atoms with E-state index in [2.05, 4.69) is 23.5 Å². The minimum absolute atomic E-state index is 0.117. The molecular weight excluding hydrogens is 258 g/mol. The van der Waals surface area contributed by atoms with Crippen LogP contribution in [0, 0.1) is 0 Å². The van der Waals surface area contributed by atoms with Crippen LogP contribution in [0.2, 0.25) is 0 Å². The molecule has 0 radical (unpaired) electrons. The highest BCUT2D eigenvalue weighted by molar-refractivity contribution is 6.07. The Morgan fingerprint density at radius 2 is 2.15 bits per heavy atom. The maximum absolute atomic E-state index is 12.0. The zero-order valence-electron chi connectivity index (χ0n) is 10.9. The number of hydrogen-bond donors (Lipinski definition) is 1. The highest BCUT2D eigenvalue weighted by Gasteiger charge is 2.20. The van der Waals surface area contributed by atoms with Crippen molar-refractivity contribution in [2.45, 2.75) is 0 Å². The minimum Gasteiger partial charge on any atom is -0.348 e. The van der Waals surface area contributed by atoms with Gasteiger partial charge in [0, 0.05) is 12.7 Å². The van der Waals surface area contributed by atoms with Crippen molar-refractivity contribution in [1.29, 1.82) is 0 Å². The van der Waals surface area contributed by atoms with Gasteiger partial charge in [-0.1, -0.05) is 12.7 Å². The Labute approximate surface area is 116 Å². The minimum atomic E-state index is -0.506. The maximum Gasteiger partial charge on any atom is 0.255 e. The Morgan fingerprint density at radius 3 is 2.75 bits per heavy atom. The molecule has 0 aliphatic carbocycles. The molecule has 0 aromatic carbocycles. The van der Waals surface area contributed by atoms with Crippen molar-refractivity contribution in [2.24, 2.45) is 0 Å². The van der Waals surface area contributed by atoms with E-state index in [1.807, 2.05) is 0 Å². The summed E-state index contributed by atoms with van der Waals surface area (Å²) in [6.45, 7) is 6.95. The first-order chi connectivity index (χ1) is 9.65. The quantitative estimate of drug-likeness (QED) is 0.451. The van der Waals surface area contributed by atoms with Gasteiger partial charge >= 0.3 is 0 Å². The van der Waals surface area contributed by atoms with Crippen LogP contribution < -0.4 is 10.2 Å². The van der Waals surface area contributed by atoms with Crippen LogP contribution >= 0.6 is 0 Å². The maximum atomic E-state index is 12.0. The molecule has 1 aromatic rings. The molecule has 0 saturated heterocycles. The molecule has 0 bridgehead atoms. The lowest BCUT2D eigenvalue weighted by Gasteiger charge is -2.19. The first-order valence-electron chi connectivity index (χ1n) is 5.87. The molecule has 0 unspecified atom stereocenters. The van der Waals surface area contributed by atoms with Crippen molar-refractivity contribution in [3.05, 3.63) is 49.2 Å². The molecule has 1 heterocycles. The first-order valence-corrected chi connectivity index (χ1v) is 5.87. The van der Waals surface area contributed by atoms with Crippen LogP contribution in [0.4, 0.5) is 5.82 Å². The van der Waals surface area contributed by atoms with Crippen LogP contribution in [-0.2, 0) is 9.59 Å². The van der Waals surface area contributed by atoms with Crippen LogP contribution in [0.1, 0.15) is 10.4 Å². The van der Waals surface area contributed by atoms with Gasteiger partial charge in [-0.15, -0.1) is 6.58 Å². The number of nitrogens with zero attached hydrogens (tertiary/aromatic N) is 2. The number of pyridine rings is 1. The van der Waals surface area contributed by atoms with E-state index in [9.17, 15) is 14.4 Å². The smallest absolute Gasteiger partial charge is 0.255 e. The lowest BCUT2D eigenvalue weighted by molar-refractivity contribution is -0.116. The van der Waals surface area contributed by atoms with Crippen molar-refractivity contribution in [2.75, 3.05) is 18.0 Å². The Hall–Kier alpha value is -2.76. The van der Waals surface area contributed by atoms with Crippen LogP contribution in [-0.4, -0.2) is 36.2 Å². The summed E-state index contributed by atoms with van der Waals surface area (Å²) >= 11 is 0. The topological polar surface area (TPSA) is 79.4 Å².